The fourth-order valence-corrected chi connectivity index (χ4v) is 6.57. The number of nitrogens with zero attached hydrogens (tertiary/aromatic N) is 2. The fraction of sp³-hybridized carbons (Fsp3) is 0.914. The molecule has 2 N–H and O–H groups in total. The molecule has 45 heavy (non-hydrogen) atoms. The highest BCUT2D eigenvalue weighted by atomic mass is 31.2. The second kappa shape index (κ2) is 37.2. The average molecular weight is 659 g/mol. The molecule has 0 aliphatic carbocycles. The molecule has 0 aliphatic rings. The Morgan fingerprint density at radius 2 is 1.13 bits per heavy atom. The van der Waals surface area contributed by atoms with Gasteiger partial charge in [0.05, 0.1) is 32.3 Å². The normalized spacial score (nSPS) is 11.7. The van der Waals surface area contributed by atoms with E-state index in [0.717, 1.165) is 45.1 Å². The SMILES string of the molecule is CC(C)N(C(C)C)P(OCCC#N)OCCCCCCNC=O.CNCCCCCCCCCCCCCCCCOC(C)=O. The number of nitrogens with one attached hydrogen (secondary N) is 2. The van der Waals surface area contributed by atoms with Gasteiger partial charge in [0.2, 0.25) is 6.41 Å². The Morgan fingerprint density at radius 1 is 0.711 bits per heavy atom. The molecule has 0 aromatic carbocycles. The van der Waals surface area contributed by atoms with Crippen molar-refractivity contribution in [3.63, 3.8) is 0 Å². The number of ether oxygens (including phenoxy) is 1. The third-order valence-electron chi connectivity index (χ3n) is 7.29. The lowest BCUT2D eigenvalue weighted by atomic mass is 10.0. The second-order valence-electron chi connectivity index (χ2n) is 12.3. The maximum absolute atomic E-state index is 10.6. The quantitative estimate of drug-likeness (QED) is 0.0319. The average Bonchev–Trinajstić information content (AvgIpc) is 2.99. The van der Waals surface area contributed by atoms with E-state index in [0.29, 0.717) is 38.3 Å². The van der Waals surface area contributed by atoms with Crippen LogP contribution in [0.2, 0.25) is 0 Å². The van der Waals surface area contributed by atoms with Crippen molar-refractivity contribution in [3.05, 3.63) is 0 Å². The zero-order chi connectivity index (χ0) is 33.8. The van der Waals surface area contributed by atoms with Crippen LogP contribution in [0.25, 0.3) is 0 Å². The Bertz CT molecular complexity index is 671. The highest BCUT2D eigenvalue weighted by Crippen LogP contribution is 2.46. The number of amides is 1. The minimum Gasteiger partial charge on any atom is -0.466 e. The molecule has 0 bridgehead atoms. The standard InChI is InChI=1S/C19H39NO2.C16H32N3O3P/c1-19(21)22-18-16-14-12-10-8-6-4-3-5-7-9-11-13-15-17-20-2;1-15(2)19(16(3)4)23(22-13-9-10-17)21-12-8-6-5-7-11-18-14-20/h20H,3-18H2,1-2H3;14-16H,5-9,11-13H2,1-4H3,(H,18,20). The van der Waals surface area contributed by atoms with E-state index in [9.17, 15) is 9.59 Å². The van der Waals surface area contributed by atoms with Crippen LogP contribution in [0.15, 0.2) is 0 Å². The predicted molar refractivity (Wildman–Crippen MR) is 189 cm³/mol. The number of hydrogen-bond donors (Lipinski definition) is 2. The van der Waals surface area contributed by atoms with Crippen molar-refractivity contribution in [2.45, 2.75) is 169 Å². The van der Waals surface area contributed by atoms with E-state index in [2.05, 4.69) is 49.1 Å². The van der Waals surface area contributed by atoms with Crippen LogP contribution in [0.3, 0.4) is 0 Å². The summed E-state index contributed by atoms with van der Waals surface area (Å²) in [6, 6.07) is 2.76. The van der Waals surface area contributed by atoms with E-state index in [1.54, 1.807) is 0 Å². The Hall–Kier alpha value is -1.30. The molecule has 0 saturated heterocycles. The first-order valence-corrected chi connectivity index (χ1v) is 19.1. The smallest absolute Gasteiger partial charge is 0.302 e. The number of carbonyl (C=O) groups excluding carboxylic acids is 2. The van der Waals surface area contributed by atoms with Crippen molar-refractivity contribution in [2.24, 2.45) is 0 Å². The second-order valence-corrected chi connectivity index (χ2v) is 13.7. The van der Waals surface area contributed by atoms with Crippen LogP contribution in [0.5, 0.6) is 0 Å². The third-order valence-corrected chi connectivity index (χ3v) is 9.40. The van der Waals surface area contributed by atoms with Crippen LogP contribution in [-0.2, 0) is 23.4 Å². The highest BCUT2D eigenvalue weighted by molar-refractivity contribution is 7.44. The van der Waals surface area contributed by atoms with Gasteiger partial charge in [-0.2, -0.15) is 5.26 Å². The van der Waals surface area contributed by atoms with E-state index < -0.39 is 8.53 Å². The first-order chi connectivity index (χ1) is 21.8. The number of nitriles is 1. The molecule has 10 heteroatoms. The minimum absolute atomic E-state index is 0.155. The number of unbranched alkanes of at least 4 members (excludes halogenated alkanes) is 16. The molecule has 0 heterocycles. The van der Waals surface area contributed by atoms with Gasteiger partial charge in [-0.05, 0) is 67.0 Å². The summed E-state index contributed by atoms with van der Waals surface area (Å²) in [4.78, 5) is 20.7. The summed E-state index contributed by atoms with van der Waals surface area (Å²) in [5, 5.41) is 14.5. The molecular weight excluding hydrogens is 587 g/mol. The van der Waals surface area contributed by atoms with Crippen LogP contribution in [-0.4, -0.2) is 69.1 Å². The van der Waals surface area contributed by atoms with Crippen molar-refractivity contribution >= 4 is 20.9 Å². The van der Waals surface area contributed by atoms with Crippen molar-refractivity contribution in [3.8, 4) is 6.07 Å². The minimum atomic E-state index is -1.12. The highest BCUT2D eigenvalue weighted by Gasteiger charge is 2.26. The maximum Gasteiger partial charge on any atom is 0.302 e. The number of esters is 1. The van der Waals surface area contributed by atoms with E-state index in [1.165, 1.54) is 96.9 Å². The lowest BCUT2D eigenvalue weighted by Crippen LogP contribution is -2.33. The van der Waals surface area contributed by atoms with E-state index >= 15 is 0 Å². The summed E-state index contributed by atoms with van der Waals surface area (Å²) in [5.74, 6) is -0.155. The zero-order valence-electron chi connectivity index (χ0n) is 30.1. The van der Waals surface area contributed by atoms with Crippen LogP contribution in [0, 0.1) is 11.3 Å². The molecule has 1 unspecified atom stereocenters. The summed E-state index contributed by atoms with van der Waals surface area (Å²) >= 11 is 0. The Morgan fingerprint density at radius 3 is 1.56 bits per heavy atom. The summed E-state index contributed by atoms with van der Waals surface area (Å²) in [6.07, 6.45) is 24.1. The molecule has 0 rings (SSSR count). The first-order valence-electron chi connectivity index (χ1n) is 18.0. The Balaban J connectivity index is 0. The van der Waals surface area contributed by atoms with Crippen molar-refractivity contribution in [1.29, 1.82) is 5.26 Å². The topological polar surface area (TPSA) is 113 Å². The van der Waals surface area contributed by atoms with Gasteiger partial charge in [-0.1, -0.05) is 89.9 Å². The molecule has 0 saturated carbocycles. The molecule has 0 aliphatic heterocycles. The summed E-state index contributed by atoms with van der Waals surface area (Å²) < 4.78 is 19.0. The fourth-order valence-electron chi connectivity index (χ4n) is 4.94. The lowest BCUT2D eigenvalue weighted by molar-refractivity contribution is -0.141. The van der Waals surface area contributed by atoms with Gasteiger partial charge >= 0.3 is 5.97 Å². The van der Waals surface area contributed by atoms with Crippen LogP contribution in [0.4, 0.5) is 0 Å². The third kappa shape index (κ3) is 35.4. The largest absolute Gasteiger partial charge is 0.466 e. The lowest BCUT2D eigenvalue weighted by Gasteiger charge is -2.35. The van der Waals surface area contributed by atoms with Gasteiger partial charge in [0, 0.05) is 25.6 Å². The van der Waals surface area contributed by atoms with Crippen molar-refractivity contribution < 1.29 is 23.4 Å². The number of rotatable bonds is 32. The summed E-state index contributed by atoms with van der Waals surface area (Å²) in [5.41, 5.74) is 0. The molecule has 0 aromatic rings. The van der Waals surface area contributed by atoms with Gasteiger partial charge in [-0.3, -0.25) is 9.59 Å². The molecule has 266 valence electrons. The van der Waals surface area contributed by atoms with E-state index in [-0.39, 0.29) is 5.97 Å². The van der Waals surface area contributed by atoms with Gasteiger partial charge in [0.15, 0.2) is 0 Å². The predicted octanol–water partition coefficient (Wildman–Crippen LogP) is 8.82. The monoisotopic (exact) mass is 659 g/mol. The molecule has 0 spiro atoms. The molecule has 1 atom stereocenters. The van der Waals surface area contributed by atoms with Gasteiger partial charge in [-0.25, -0.2) is 4.67 Å². The Labute approximate surface area is 279 Å². The van der Waals surface area contributed by atoms with E-state index in [4.69, 9.17) is 19.0 Å². The number of carbonyl (C=O) groups is 2. The first kappa shape index (κ1) is 45.8. The van der Waals surface area contributed by atoms with Crippen LogP contribution >= 0.6 is 8.53 Å². The van der Waals surface area contributed by atoms with Gasteiger partial charge in [0.25, 0.3) is 8.53 Å². The maximum atomic E-state index is 10.6. The molecule has 0 aromatic heterocycles. The Kier molecular flexibility index (Phi) is 37.8. The summed E-state index contributed by atoms with van der Waals surface area (Å²) in [7, 11) is 0.910. The van der Waals surface area contributed by atoms with Gasteiger partial charge < -0.3 is 24.4 Å². The van der Waals surface area contributed by atoms with Crippen LogP contribution < -0.4 is 10.6 Å². The molecule has 0 fully saturated rings. The molecule has 9 nitrogen and oxygen atoms in total. The zero-order valence-corrected chi connectivity index (χ0v) is 31.0. The van der Waals surface area contributed by atoms with Crippen molar-refractivity contribution in [2.75, 3.05) is 40.0 Å². The number of hydrogen-bond acceptors (Lipinski definition) is 8. The van der Waals surface area contributed by atoms with E-state index in [1.807, 2.05) is 7.05 Å². The molecule has 1 amide bonds. The van der Waals surface area contributed by atoms with Crippen molar-refractivity contribution in [1.82, 2.24) is 15.3 Å². The molecular formula is C35H71N4O5P. The van der Waals surface area contributed by atoms with Crippen LogP contribution in [0.1, 0.15) is 157 Å². The van der Waals surface area contributed by atoms with Gasteiger partial charge in [0.1, 0.15) is 0 Å². The molecule has 0 radical (unpaired) electrons. The van der Waals surface area contributed by atoms with Gasteiger partial charge in [-0.15, -0.1) is 0 Å². The summed E-state index contributed by atoms with van der Waals surface area (Å²) in [6.45, 7) is 13.6.